The Kier molecular flexibility index (Phi) is 4.88. The van der Waals surface area contributed by atoms with Gasteiger partial charge in [-0.05, 0) is 61.4 Å². The Morgan fingerprint density at radius 1 is 1.05 bits per heavy atom. The lowest BCUT2D eigenvalue weighted by atomic mass is 9.68. The molecule has 1 aromatic carbocycles. The van der Waals surface area contributed by atoms with Crippen molar-refractivity contribution in [3.63, 3.8) is 0 Å². The zero-order chi connectivity index (χ0) is 14.7. The van der Waals surface area contributed by atoms with Crippen LogP contribution in [0.2, 0.25) is 5.02 Å². The van der Waals surface area contributed by atoms with E-state index in [1.165, 1.54) is 63.6 Å². The topological polar surface area (TPSA) is 29.3 Å². The maximum atomic E-state index is 6.39. The van der Waals surface area contributed by atoms with Crippen LogP contribution in [0.4, 0.5) is 0 Å². The van der Waals surface area contributed by atoms with Crippen molar-refractivity contribution in [3.8, 4) is 0 Å². The SMILES string of the molecule is NCc1ccc(CN2CCC3(CCCCC3)CC2)c(Cl)c1. The molecule has 3 heteroatoms. The van der Waals surface area contributed by atoms with Gasteiger partial charge in [0, 0.05) is 18.1 Å². The third-order valence-corrected chi connectivity index (χ3v) is 5.93. The first-order chi connectivity index (χ1) is 10.2. The summed E-state index contributed by atoms with van der Waals surface area (Å²) >= 11 is 6.39. The number of hydrogen-bond acceptors (Lipinski definition) is 2. The van der Waals surface area contributed by atoms with Crippen molar-refractivity contribution in [2.75, 3.05) is 13.1 Å². The minimum Gasteiger partial charge on any atom is -0.326 e. The first-order valence-electron chi connectivity index (χ1n) is 8.41. The molecule has 1 heterocycles. The van der Waals surface area contributed by atoms with E-state index in [1.807, 2.05) is 6.07 Å². The van der Waals surface area contributed by atoms with Crippen LogP contribution >= 0.6 is 11.6 Å². The van der Waals surface area contributed by atoms with Crippen molar-refractivity contribution in [3.05, 3.63) is 34.3 Å². The van der Waals surface area contributed by atoms with Crippen molar-refractivity contribution >= 4 is 11.6 Å². The molecule has 2 aliphatic rings. The summed E-state index contributed by atoms with van der Waals surface area (Å²) in [5.41, 5.74) is 8.70. The van der Waals surface area contributed by atoms with Crippen LogP contribution in [0.15, 0.2) is 18.2 Å². The molecule has 1 aliphatic carbocycles. The van der Waals surface area contributed by atoms with Crippen molar-refractivity contribution < 1.29 is 0 Å². The molecule has 1 spiro atoms. The number of rotatable bonds is 3. The molecule has 0 unspecified atom stereocenters. The first-order valence-corrected chi connectivity index (χ1v) is 8.78. The zero-order valence-electron chi connectivity index (χ0n) is 12.9. The fraction of sp³-hybridized carbons (Fsp3) is 0.667. The number of nitrogens with zero attached hydrogens (tertiary/aromatic N) is 1. The van der Waals surface area contributed by atoms with Crippen LogP contribution in [0.25, 0.3) is 0 Å². The molecule has 2 fully saturated rings. The maximum absolute atomic E-state index is 6.39. The standard InChI is InChI=1S/C18H27ClN2/c19-17-12-15(13-20)4-5-16(17)14-21-10-8-18(9-11-21)6-2-1-3-7-18/h4-5,12H,1-3,6-11,13-14,20H2. The van der Waals surface area contributed by atoms with Gasteiger partial charge in [-0.1, -0.05) is 43.0 Å². The third kappa shape index (κ3) is 3.61. The highest BCUT2D eigenvalue weighted by molar-refractivity contribution is 6.31. The Morgan fingerprint density at radius 3 is 2.38 bits per heavy atom. The molecule has 116 valence electrons. The molecule has 0 aromatic heterocycles. The number of hydrogen-bond donors (Lipinski definition) is 1. The van der Waals surface area contributed by atoms with Crippen LogP contribution in [0.3, 0.4) is 0 Å². The summed E-state index contributed by atoms with van der Waals surface area (Å²) in [6.07, 6.45) is 10.0. The second-order valence-electron chi connectivity index (χ2n) is 6.97. The fourth-order valence-corrected chi connectivity index (χ4v) is 4.34. The molecule has 2 N–H and O–H groups in total. The molecule has 0 atom stereocenters. The van der Waals surface area contributed by atoms with Crippen LogP contribution < -0.4 is 5.73 Å². The zero-order valence-corrected chi connectivity index (χ0v) is 13.7. The van der Waals surface area contributed by atoms with Gasteiger partial charge in [-0.15, -0.1) is 0 Å². The first kappa shape index (κ1) is 15.3. The van der Waals surface area contributed by atoms with Gasteiger partial charge in [-0.2, -0.15) is 0 Å². The second-order valence-corrected chi connectivity index (χ2v) is 7.37. The predicted octanol–water partition coefficient (Wildman–Crippen LogP) is 4.35. The van der Waals surface area contributed by atoms with Crippen molar-refractivity contribution in [2.24, 2.45) is 11.1 Å². The smallest absolute Gasteiger partial charge is 0.0454 e. The average molecular weight is 307 g/mol. The van der Waals surface area contributed by atoms with Crippen LogP contribution in [0, 0.1) is 5.41 Å². The van der Waals surface area contributed by atoms with E-state index in [2.05, 4.69) is 17.0 Å². The van der Waals surface area contributed by atoms with Crippen molar-refractivity contribution in [2.45, 2.75) is 58.0 Å². The lowest BCUT2D eigenvalue weighted by Gasteiger charge is -2.44. The van der Waals surface area contributed by atoms with Gasteiger partial charge in [0.15, 0.2) is 0 Å². The van der Waals surface area contributed by atoms with E-state index in [4.69, 9.17) is 17.3 Å². The number of likely N-dealkylation sites (tertiary alicyclic amines) is 1. The van der Waals surface area contributed by atoms with E-state index < -0.39 is 0 Å². The third-order valence-electron chi connectivity index (χ3n) is 5.58. The average Bonchev–Trinajstić information content (AvgIpc) is 2.52. The van der Waals surface area contributed by atoms with E-state index in [1.54, 1.807) is 0 Å². The molecule has 1 saturated heterocycles. The molecule has 0 bridgehead atoms. The van der Waals surface area contributed by atoms with E-state index in [9.17, 15) is 0 Å². The van der Waals surface area contributed by atoms with Gasteiger partial charge in [0.1, 0.15) is 0 Å². The minimum absolute atomic E-state index is 0.562. The number of piperidine rings is 1. The Balaban J connectivity index is 1.57. The molecule has 3 rings (SSSR count). The minimum atomic E-state index is 0.562. The lowest BCUT2D eigenvalue weighted by Crippen LogP contribution is -2.40. The summed E-state index contributed by atoms with van der Waals surface area (Å²) in [5, 5.41) is 0.871. The van der Waals surface area contributed by atoms with Gasteiger partial charge in [0.05, 0.1) is 0 Å². The van der Waals surface area contributed by atoms with Crippen LogP contribution in [-0.4, -0.2) is 18.0 Å². The highest BCUT2D eigenvalue weighted by Gasteiger charge is 2.35. The maximum Gasteiger partial charge on any atom is 0.0454 e. The van der Waals surface area contributed by atoms with Crippen LogP contribution in [0.5, 0.6) is 0 Å². The molecule has 1 aliphatic heterocycles. The molecule has 0 radical (unpaired) electrons. The normalized spacial score (nSPS) is 22.6. The van der Waals surface area contributed by atoms with Crippen molar-refractivity contribution in [1.29, 1.82) is 0 Å². The number of halogens is 1. The lowest BCUT2D eigenvalue weighted by molar-refractivity contribution is 0.0641. The molecule has 0 amide bonds. The molecule has 21 heavy (non-hydrogen) atoms. The monoisotopic (exact) mass is 306 g/mol. The van der Waals surface area contributed by atoms with Crippen LogP contribution in [0.1, 0.15) is 56.1 Å². The van der Waals surface area contributed by atoms with Gasteiger partial charge in [-0.25, -0.2) is 0 Å². The van der Waals surface area contributed by atoms with E-state index in [0.29, 0.717) is 12.0 Å². The summed E-state index contributed by atoms with van der Waals surface area (Å²) in [5.74, 6) is 0. The van der Waals surface area contributed by atoms with Gasteiger partial charge in [-0.3, -0.25) is 4.90 Å². The Hall–Kier alpha value is -0.570. The Labute approximate surface area is 133 Å². The number of benzene rings is 1. The summed E-state index contributed by atoms with van der Waals surface area (Å²) in [6.45, 7) is 4.01. The van der Waals surface area contributed by atoms with E-state index >= 15 is 0 Å². The quantitative estimate of drug-likeness (QED) is 0.900. The van der Waals surface area contributed by atoms with Gasteiger partial charge in [0.2, 0.25) is 0 Å². The predicted molar refractivity (Wildman–Crippen MR) is 89.4 cm³/mol. The summed E-state index contributed by atoms with van der Waals surface area (Å²) in [6, 6.07) is 6.27. The highest BCUT2D eigenvalue weighted by atomic mass is 35.5. The molecule has 1 aromatic rings. The second kappa shape index (κ2) is 6.68. The molecular formula is C18H27ClN2. The van der Waals surface area contributed by atoms with Gasteiger partial charge in [0.25, 0.3) is 0 Å². The van der Waals surface area contributed by atoms with Gasteiger partial charge < -0.3 is 5.73 Å². The van der Waals surface area contributed by atoms with E-state index in [0.717, 1.165) is 17.1 Å². The molecule has 1 saturated carbocycles. The van der Waals surface area contributed by atoms with Crippen LogP contribution in [-0.2, 0) is 13.1 Å². The largest absolute Gasteiger partial charge is 0.326 e. The molecule has 2 nitrogen and oxygen atoms in total. The summed E-state index contributed by atoms with van der Waals surface area (Å²) in [7, 11) is 0. The van der Waals surface area contributed by atoms with Crippen molar-refractivity contribution in [1.82, 2.24) is 4.90 Å². The Morgan fingerprint density at radius 2 is 1.76 bits per heavy atom. The summed E-state index contributed by atoms with van der Waals surface area (Å²) < 4.78 is 0. The highest BCUT2D eigenvalue weighted by Crippen LogP contribution is 2.44. The summed E-state index contributed by atoms with van der Waals surface area (Å²) in [4.78, 5) is 2.57. The van der Waals surface area contributed by atoms with Gasteiger partial charge >= 0.3 is 0 Å². The Bertz CT molecular complexity index is 470. The number of nitrogens with two attached hydrogens (primary N) is 1. The molecular weight excluding hydrogens is 280 g/mol. The van der Waals surface area contributed by atoms with E-state index in [-0.39, 0.29) is 0 Å². The fourth-order valence-electron chi connectivity index (χ4n) is 4.07.